The first-order valence-electron chi connectivity index (χ1n) is 5.81. The number of ether oxygens (including phenoxy) is 1. The number of hydrogen-bond acceptors (Lipinski definition) is 2. The smallest absolute Gasteiger partial charge is 0.120 e. The summed E-state index contributed by atoms with van der Waals surface area (Å²) in [7, 11) is 1.58. The van der Waals surface area contributed by atoms with Crippen LogP contribution in [0.15, 0.2) is 40.9 Å². The summed E-state index contributed by atoms with van der Waals surface area (Å²) in [6.45, 7) is 1.98. The standard InChI is InChI=1S/C15H14BrClO2/c1-9-4-3-5-12(14(9)16)15(18)11-7-6-10(19-2)8-13(11)17/h3-8,15,18H,1-2H3. The predicted molar refractivity (Wildman–Crippen MR) is 80.9 cm³/mol. The summed E-state index contributed by atoms with van der Waals surface area (Å²) >= 11 is 9.69. The Morgan fingerprint density at radius 2 is 1.95 bits per heavy atom. The van der Waals surface area contributed by atoms with Crippen LogP contribution in [0.3, 0.4) is 0 Å². The van der Waals surface area contributed by atoms with Crippen LogP contribution in [-0.4, -0.2) is 12.2 Å². The summed E-state index contributed by atoms with van der Waals surface area (Å²) in [5.74, 6) is 0.671. The fraction of sp³-hybridized carbons (Fsp3) is 0.200. The van der Waals surface area contributed by atoms with Crippen molar-refractivity contribution in [3.8, 4) is 5.75 Å². The lowest BCUT2D eigenvalue weighted by Gasteiger charge is -2.16. The number of methoxy groups -OCH3 is 1. The Hall–Kier alpha value is -1.03. The zero-order chi connectivity index (χ0) is 14.0. The normalized spacial score (nSPS) is 12.3. The van der Waals surface area contributed by atoms with Crippen molar-refractivity contribution in [1.29, 1.82) is 0 Å². The largest absolute Gasteiger partial charge is 0.497 e. The van der Waals surface area contributed by atoms with Gasteiger partial charge in [-0.05, 0) is 30.2 Å². The van der Waals surface area contributed by atoms with Gasteiger partial charge in [0.15, 0.2) is 0 Å². The number of rotatable bonds is 3. The highest BCUT2D eigenvalue weighted by Crippen LogP contribution is 2.35. The Morgan fingerprint density at radius 3 is 2.58 bits per heavy atom. The maximum absolute atomic E-state index is 10.5. The Balaban J connectivity index is 2.44. The molecule has 1 atom stereocenters. The summed E-state index contributed by atoms with van der Waals surface area (Å²) in [4.78, 5) is 0. The monoisotopic (exact) mass is 340 g/mol. The van der Waals surface area contributed by atoms with Crippen molar-refractivity contribution in [1.82, 2.24) is 0 Å². The molecule has 1 unspecified atom stereocenters. The highest BCUT2D eigenvalue weighted by molar-refractivity contribution is 9.10. The van der Waals surface area contributed by atoms with E-state index in [1.807, 2.05) is 25.1 Å². The number of aliphatic hydroxyl groups excluding tert-OH is 1. The number of aryl methyl sites for hydroxylation is 1. The van der Waals surface area contributed by atoms with Crippen LogP contribution in [0.25, 0.3) is 0 Å². The molecule has 0 amide bonds. The maximum atomic E-state index is 10.5. The lowest BCUT2D eigenvalue weighted by atomic mass is 10.00. The van der Waals surface area contributed by atoms with E-state index in [2.05, 4.69) is 15.9 Å². The van der Waals surface area contributed by atoms with E-state index in [-0.39, 0.29) is 0 Å². The minimum Gasteiger partial charge on any atom is -0.497 e. The van der Waals surface area contributed by atoms with Gasteiger partial charge in [0.1, 0.15) is 11.9 Å². The van der Waals surface area contributed by atoms with E-state index in [1.165, 1.54) is 0 Å². The SMILES string of the molecule is COc1ccc(C(O)c2cccc(C)c2Br)c(Cl)c1. The molecule has 1 N–H and O–H groups in total. The molecule has 0 bridgehead atoms. The molecular weight excluding hydrogens is 328 g/mol. The van der Waals surface area contributed by atoms with Crippen LogP contribution in [0.2, 0.25) is 5.02 Å². The minimum atomic E-state index is -0.771. The highest BCUT2D eigenvalue weighted by Gasteiger charge is 2.17. The van der Waals surface area contributed by atoms with E-state index in [4.69, 9.17) is 16.3 Å². The number of benzene rings is 2. The molecule has 0 heterocycles. The molecule has 0 aromatic heterocycles. The second kappa shape index (κ2) is 5.95. The molecule has 100 valence electrons. The zero-order valence-electron chi connectivity index (χ0n) is 10.7. The fourth-order valence-electron chi connectivity index (χ4n) is 1.91. The van der Waals surface area contributed by atoms with Gasteiger partial charge in [-0.2, -0.15) is 0 Å². The van der Waals surface area contributed by atoms with Gasteiger partial charge < -0.3 is 9.84 Å². The fourth-order valence-corrected chi connectivity index (χ4v) is 2.66. The van der Waals surface area contributed by atoms with E-state index in [0.29, 0.717) is 16.3 Å². The van der Waals surface area contributed by atoms with Crippen LogP contribution in [0.5, 0.6) is 5.75 Å². The average molecular weight is 342 g/mol. The average Bonchev–Trinajstić information content (AvgIpc) is 2.41. The second-order valence-corrected chi connectivity index (χ2v) is 5.47. The van der Waals surface area contributed by atoms with E-state index < -0.39 is 6.10 Å². The lowest BCUT2D eigenvalue weighted by Crippen LogP contribution is -2.02. The van der Waals surface area contributed by atoms with Crippen LogP contribution < -0.4 is 4.74 Å². The molecule has 0 aliphatic rings. The van der Waals surface area contributed by atoms with E-state index in [0.717, 1.165) is 15.6 Å². The Labute approximate surface area is 126 Å². The van der Waals surface area contributed by atoms with Gasteiger partial charge in [0.05, 0.1) is 12.1 Å². The maximum Gasteiger partial charge on any atom is 0.120 e. The molecule has 2 aromatic rings. The van der Waals surface area contributed by atoms with Gasteiger partial charge in [-0.3, -0.25) is 0 Å². The molecular formula is C15H14BrClO2. The third-order valence-electron chi connectivity index (χ3n) is 3.02. The van der Waals surface area contributed by atoms with Crippen molar-refractivity contribution in [2.24, 2.45) is 0 Å². The Bertz CT molecular complexity index is 599. The summed E-state index contributed by atoms with van der Waals surface area (Å²) < 4.78 is 6.00. The third-order valence-corrected chi connectivity index (χ3v) is 4.43. The third kappa shape index (κ3) is 2.94. The quantitative estimate of drug-likeness (QED) is 0.890. The van der Waals surface area contributed by atoms with Crippen LogP contribution in [-0.2, 0) is 0 Å². The van der Waals surface area contributed by atoms with Crippen molar-refractivity contribution >= 4 is 27.5 Å². The van der Waals surface area contributed by atoms with Gasteiger partial charge in [0, 0.05) is 10.0 Å². The molecule has 19 heavy (non-hydrogen) atoms. The second-order valence-electron chi connectivity index (χ2n) is 4.27. The van der Waals surface area contributed by atoms with E-state index >= 15 is 0 Å². The van der Waals surface area contributed by atoms with Crippen LogP contribution in [0.1, 0.15) is 22.8 Å². The van der Waals surface area contributed by atoms with Crippen molar-refractivity contribution in [2.45, 2.75) is 13.0 Å². The number of halogens is 2. The molecule has 0 saturated heterocycles. The molecule has 0 spiro atoms. The van der Waals surface area contributed by atoms with Gasteiger partial charge >= 0.3 is 0 Å². The molecule has 2 aromatic carbocycles. The van der Waals surface area contributed by atoms with Gasteiger partial charge in [0.25, 0.3) is 0 Å². The molecule has 0 radical (unpaired) electrons. The van der Waals surface area contributed by atoms with Gasteiger partial charge in [0.2, 0.25) is 0 Å². The van der Waals surface area contributed by atoms with Crippen molar-refractivity contribution in [2.75, 3.05) is 7.11 Å². The molecule has 0 saturated carbocycles. The number of aliphatic hydroxyl groups is 1. The van der Waals surface area contributed by atoms with Gasteiger partial charge in [-0.25, -0.2) is 0 Å². The highest BCUT2D eigenvalue weighted by atomic mass is 79.9. The minimum absolute atomic E-state index is 0.486. The van der Waals surface area contributed by atoms with E-state index in [9.17, 15) is 5.11 Å². The molecule has 0 aliphatic heterocycles. The zero-order valence-corrected chi connectivity index (χ0v) is 13.0. The van der Waals surface area contributed by atoms with E-state index in [1.54, 1.807) is 25.3 Å². The summed E-state index contributed by atoms with van der Waals surface area (Å²) in [6.07, 6.45) is -0.771. The summed E-state index contributed by atoms with van der Waals surface area (Å²) in [5.41, 5.74) is 2.53. The van der Waals surface area contributed by atoms with Gasteiger partial charge in [-0.1, -0.05) is 51.8 Å². The molecule has 4 heteroatoms. The first-order valence-corrected chi connectivity index (χ1v) is 6.98. The lowest BCUT2D eigenvalue weighted by molar-refractivity contribution is 0.219. The first kappa shape index (κ1) is 14.4. The van der Waals surface area contributed by atoms with Crippen molar-refractivity contribution in [3.05, 3.63) is 62.6 Å². The van der Waals surface area contributed by atoms with Crippen LogP contribution in [0, 0.1) is 6.92 Å². The molecule has 2 nitrogen and oxygen atoms in total. The molecule has 2 rings (SSSR count). The Kier molecular flexibility index (Phi) is 4.50. The molecule has 0 aliphatic carbocycles. The van der Waals surface area contributed by atoms with Crippen LogP contribution >= 0.6 is 27.5 Å². The predicted octanol–water partition coefficient (Wildman–Crippen LogP) is 4.50. The summed E-state index contributed by atoms with van der Waals surface area (Å²) in [5, 5.41) is 11.0. The van der Waals surface area contributed by atoms with Crippen molar-refractivity contribution < 1.29 is 9.84 Å². The van der Waals surface area contributed by atoms with Crippen LogP contribution in [0.4, 0.5) is 0 Å². The molecule has 0 fully saturated rings. The summed E-state index contributed by atoms with van der Waals surface area (Å²) in [6, 6.07) is 11.0. The topological polar surface area (TPSA) is 29.5 Å². The van der Waals surface area contributed by atoms with Crippen molar-refractivity contribution in [3.63, 3.8) is 0 Å². The first-order chi connectivity index (χ1) is 9.04. The van der Waals surface area contributed by atoms with Gasteiger partial charge in [-0.15, -0.1) is 0 Å². The Morgan fingerprint density at radius 1 is 1.21 bits per heavy atom. The number of hydrogen-bond donors (Lipinski definition) is 1.